The first kappa shape index (κ1) is 43.6. The smallest absolute Gasteiger partial charge is 0.410 e. The average molecular weight is 835 g/mol. The van der Waals surface area contributed by atoms with Gasteiger partial charge >= 0.3 is 22.4 Å². The van der Waals surface area contributed by atoms with Crippen LogP contribution in [0.1, 0.15) is 89.0 Å². The summed E-state index contributed by atoms with van der Waals surface area (Å²) in [6.45, 7) is 13.8. The zero-order valence-electron chi connectivity index (χ0n) is 34.9. The third-order valence-electron chi connectivity index (χ3n) is 11.9. The van der Waals surface area contributed by atoms with Crippen LogP contribution < -0.4 is 15.4 Å². The van der Waals surface area contributed by atoms with E-state index in [1.54, 1.807) is 56.0 Å². The average Bonchev–Trinajstić information content (AvgIpc) is 3.46. The Bertz CT molecular complexity index is 2070. The molecule has 3 aliphatic heterocycles. The lowest BCUT2D eigenvalue weighted by Gasteiger charge is -2.35. The number of nitrogens with one attached hydrogen (secondary N) is 3. The Kier molecular flexibility index (Phi) is 12.5. The Morgan fingerprint density at radius 1 is 1.03 bits per heavy atom. The molecule has 6 rings (SSSR count). The Labute approximate surface area is 347 Å². The number of amides is 5. The van der Waals surface area contributed by atoms with E-state index in [2.05, 4.69) is 28.0 Å². The number of carbonyl (C=O) groups excluding carboxylic acids is 5. The van der Waals surface area contributed by atoms with Crippen molar-refractivity contribution in [3.8, 4) is 0 Å². The van der Waals surface area contributed by atoms with Crippen LogP contribution in [-0.4, -0.2) is 96.4 Å². The van der Waals surface area contributed by atoms with Crippen molar-refractivity contribution < 1.29 is 41.9 Å². The van der Waals surface area contributed by atoms with Crippen molar-refractivity contribution in [1.29, 1.82) is 0 Å². The van der Waals surface area contributed by atoms with E-state index in [9.17, 15) is 32.4 Å². The maximum absolute atomic E-state index is 14.6. The van der Waals surface area contributed by atoms with Crippen molar-refractivity contribution in [1.82, 2.24) is 29.5 Å². The van der Waals surface area contributed by atoms with Gasteiger partial charge in [0.2, 0.25) is 11.8 Å². The van der Waals surface area contributed by atoms with Gasteiger partial charge in [0.25, 0.3) is 5.91 Å². The van der Waals surface area contributed by atoms with Gasteiger partial charge in [-0.15, -0.1) is 6.58 Å². The first-order valence-electron chi connectivity index (χ1n) is 20.3. The van der Waals surface area contributed by atoms with Crippen molar-refractivity contribution in [2.75, 3.05) is 20.2 Å². The van der Waals surface area contributed by atoms with Gasteiger partial charge in [0.15, 0.2) is 0 Å². The van der Waals surface area contributed by atoms with E-state index in [4.69, 9.17) is 9.47 Å². The molecule has 1 aliphatic carbocycles. The third kappa shape index (κ3) is 9.92. The molecule has 0 spiro atoms. The first-order chi connectivity index (χ1) is 27.7. The summed E-state index contributed by atoms with van der Waals surface area (Å²) in [4.78, 5) is 72.9. The van der Waals surface area contributed by atoms with Crippen LogP contribution >= 0.6 is 0 Å². The van der Waals surface area contributed by atoms with Gasteiger partial charge in [0.1, 0.15) is 23.7 Å². The molecule has 59 heavy (non-hydrogen) atoms. The summed E-state index contributed by atoms with van der Waals surface area (Å²) in [7, 11) is -3.01. The highest BCUT2D eigenvalue weighted by Gasteiger charge is 2.62. The summed E-state index contributed by atoms with van der Waals surface area (Å²) in [5.74, 6) is -2.92. The Morgan fingerprint density at radius 2 is 1.75 bits per heavy atom. The maximum atomic E-state index is 14.6. The summed E-state index contributed by atoms with van der Waals surface area (Å²) < 4.78 is 41.5. The van der Waals surface area contributed by atoms with E-state index in [0.29, 0.717) is 18.7 Å². The molecule has 5 atom stereocenters. The van der Waals surface area contributed by atoms with Crippen LogP contribution in [0.3, 0.4) is 0 Å². The second kappa shape index (κ2) is 17.0. The van der Waals surface area contributed by atoms with Crippen molar-refractivity contribution >= 4 is 40.1 Å². The predicted molar refractivity (Wildman–Crippen MR) is 219 cm³/mol. The highest BCUT2D eigenvalue weighted by molar-refractivity contribution is 7.87. The summed E-state index contributed by atoms with van der Waals surface area (Å²) in [6, 6.07) is 12.5. The van der Waals surface area contributed by atoms with E-state index in [-0.39, 0.29) is 38.0 Å². The number of aryl methyl sites for hydroxylation is 1. The van der Waals surface area contributed by atoms with Gasteiger partial charge in [0.05, 0.1) is 13.2 Å². The molecule has 1 saturated carbocycles. The van der Waals surface area contributed by atoms with E-state index < -0.39 is 75.2 Å². The van der Waals surface area contributed by atoms with Crippen LogP contribution in [0.5, 0.6) is 0 Å². The van der Waals surface area contributed by atoms with Crippen LogP contribution in [0.15, 0.2) is 61.2 Å². The number of benzene rings is 2. The number of alkyl carbamates (subject to hydrolysis) is 1. The molecule has 2 fully saturated rings. The largest absolute Gasteiger partial charge is 0.449 e. The van der Waals surface area contributed by atoms with E-state index in [1.807, 2.05) is 26.0 Å². The highest BCUT2D eigenvalue weighted by atomic mass is 32.2. The number of rotatable bonds is 8. The fourth-order valence-corrected chi connectivity index (χ4v) is 9.11. The molecule has 3 N–H and O–H groups in total. The number of nitrogens with zero attached hydrogens (tertiary/aromatic N) is 3. The summed E-state index contributed by atoms with van der Waals surface area (Å²) in [5, 5.41) is 5.51. The molecular weight excluding hydrogens is 777 g/mol. The lowest BCUT2D eigenvalue weighted by atomic mass is 9.85. The monoisotopic (exact) mass is 834 g/mol. The van der Waals surface area contributed by atoms with E-state index >= 15 is 0 Å². The van der Waals surface area contributed by atoms with Crippen molar-refractivity contribution in [3.63, 3.8) is 0 Å². The number of ether oxygens (including phenoxy) is 2. The number of cyclic esters (lactones) is 1. The molecule has 4 aliphatic rings. The zero-order valence-corrected chi connectivity index (χ0v) is 35.7. The van der Waals surface area contributed by atoms with E-state index in [0.717, 1.165) is 46.7 Å². The fourth-order valence-electron chi connectivity index (χ4n) is 8.22. The molecule has 1 saturated heterocycles. The van der Waals surface area contributed by atoms with Crippen LogP contribution in [0.25, 0.3) is 0 Å². The normalized spacial score (nSPS) is 26.3. The quantitative estimate of drug-likeness (QED) is 0.321. The minimum atomic E-state index is -4.35. The molecule has 15 nitrogen and oxygen atoms in total. The standard InChI is InChI=1S/C43H58N6O9S/c1-8-31-22-43(31,38(52)46-59(55,56)47(7)23-28-15-10-9-11-16-28)45-36(50)34-21-32-25-49(34)37(51)35(41(2,3)4)44-39(53)57-27-42(5,6)20-13-12-17-29-18-14-19-30-24-48(26-33(29)30)40(54)58-32/h8-11,14-16,18-19,31-32,34-35H,1,12-13,17,20-27H2,2-7H3,(H,44,53)(H,45,50)(H,46,52)/t31-,32+,34-,35+,43+/m0/s1. The van der Waals surface area contributed by atoms with Crippen LogP contribution in [0.2, 0.25) is 0 Å². The van der Waals surface area contributed by atoms with Crippen LogP contribution in [0, 0.1) is 16.7 Å². The maximum Gasteiger partial charge on any atom is 0.410 e. The molecule has 0 unspecified atom stereocenters. The van der Waals surface area contributed by atoms with Gasteiger partial charge in [-0.1, -0.05) is 95.6 Å². The molecule has 3 heterocycles. The second-order valence-electron chi connectivity index (χ2n) is 18.2. The molecule has 320 valence electrons. The van der Waals surface area contributed by atoms with Crippen LogP contribution in [-0.2, 0) is 60.1 Å². The molecule has 4 bridgehead atoms. The Hall–Kier alpha value is -4.96. The molecule has 16 heteroatoms. The molecular formula is C43H58N6O9S. The molecule has 2 aromatic rings. The first-order valence-corrected chi connectivity index (χ1v) is 21.7. The van der Waals surface area contributed by atoms with Gasteiger partial charge in [-0.2, -0.15) is 12.7 Å². The van der Waals surface area contributed by atoms with Crippen molar-refractivity contribution in [3.05, 3.63) is 83.4 Å². The minimum Gasteiger partial charge on any atom is -0.449 e. The number of fused-ring (bicyclic) bond motifs is 3. The fraction of sp³-hybridized carbons (Fsp3) is 0.558. The molecule has 2 aromatic carbocycles. The SMILES string of the molecule is C=C[C@H]1C[C@]1(NC(=O)[C@@H]1C[C@@H]2CN1C(=O)[C@H](C(C)(C)C)NC(=O)OCC(C)(C)CCCCc1cccc3c1CN(C3)C(=O)O2)C(=O)NS(=O)(=O)N(C)Cc1ccccc1. The van der Waals surface area contributed by atoms with Crippen molar-refractivity contribution in [2.45, 2.75) is 117 Å². The minimum absolute atomic E-state index is 0.00802. The van der Waals surface area contributed by atoms with Gasteiger partial charge in [-0.3, -0.25) is 19.3 Å². The van der Waals surface area contributed by atoms with Gasteiger partial charge in [0, 0.05) is 39.0 Å². The summed E-state index contributed by atoms with van der Waals surface area (Å²) >= 11 is 0. The molecule has 0 radical (unpaired) electrons. The molecule has 0 aromatic heterocycles. The van der Waals surface area contributed by atoms with E-state index in [1.165, 1.54) is 18.0 Å². The number of hydrogen-bond acceptors (Lipinski definition) is 9. The van der Waals surface area contributed by atoms with Gasteiger partial charge in [-0.05, 0) is 58.8 Å². The summed E-state index contributed by atoms with van der Waals surface area (Å²) in [6.07, 6.45) is 2.56. The van der Waals surface area contributed by atoms with Gasteiger partial charge in [-0.25, -0.2) is 14.3 Å². The lowest BCUT2D eigenvalue weighted by Crippen LogP contribution is -2.60. The zero-order chi connectivity index (χ0) is 42.9. The third-order valence-corrected chi connectivity index (χ3v) is 13.3. The highest BCUT2D eigenvalue weighted by Crippen LogP contribution is 2.45. The lowest BCUT2D eigenvalue weighted by molar-refractivity contribution is -0.143. The topological polar surface area (TPSA) is 184 Å². The molecule has 5 amide bonds. The number of carbonyl (C=O) groups is 5. The Balaban J connectivity index is 1.26. The second-order valence-corrected chi connectivity index (χ2v) is 20.0. The van der Waals surface area contributed by atoms with Crippen molar-refractivity contribution in [2.24, 2.45) is 16.7 Å². The van der Waals surface area contributed by atoms with Gasteiger partial charge < -0.3 is 25.0 Å². The van der Waals surface area contributed by atoms with Crippen LogP contribution in [0.4, 0.5) is 9.59 Å². The Morgan fingerprint density at radius 3 is 2.42 bits per heavy atom. The number of hydrogen-bond donors (Lipinski definition) is 3. The predicted octanol–water partition coefficient (Wildman–Crippen LogP) is 4.56. The summed E-state index contributed by atoms with van der Waals surface area (Å²) in [5.41, 5.74) is 1.12.